The number of benzene rings is 1. The lowest BCUT2D eigenvalue weighted by molar-refractivity contribution is -0.131. The summed E-state index contributed by atoms with van der Waals surface area (Å²) in [6.07, 6.45) is 2.99. The number of rotatable bonds is 7. The van der Waals surface area contributed by atoms with Crippen LogP contribution in [0.4, 0.5) is 0 Å². The molecule has 1 aromatic carbocycles. The quantitative estimate of drug-likeness (QED) is 0.759. The highest BCUT2D eigenvalue weighted by Crippen LogP contribution is 2.23. The monoisotopic (exact) mass is 372 g/mol. The Hall–Kier alpha value is -2.34. The van der Waals surface area contributed by atoms with E-state index in [1.807, 2.05) is 0 Å². The number of carbonyl (C=O) groups is 2. The fourth-order valence-corrected chi connectivity index (χ4v) is 3.76. The van der Waals surface area contributed by atoms with Crippen LogP contribution in [-0.2, 0) is 17.8 Å². The number of nitrogens with zero attached hydrogens (tertiary/aromatic N) is 1. The van der Waals surface area contributed by atoms with E-state index < -0.39 is 0 Å². The molecule has 2 heterocycles. The van der Waals surface area contributed by atoms with Crippen molar-refractivity contribution in [2.75, 3.05) is 19.7 Å². The first kappa shape index (κ1) is 18.5. The van der Waals surface area contributed by atoms with E-state index in [1.165, 1.54) is 10.4 Å². The Kier molecular flexibility index (Phi) is 6.28. The minimum absolute atomic E-state index is 0.0209. The van der Waals surface area contributed by atoms with Gasteiger partial charge in [0, 0.05) is 23.5 Å². The smallest absolute Gasteiger partial charge is 0.251 e. The standard InChI is InChI=1S/C20H24N2O3S/c1-2-3-11-25-17-6-4-15(5-7-17)20(24)21-13-19(23)22-10-8-18-16(14-22)9-12-26-18/h4-7,9,12H,2-3,8,10-11,13-14H2,1H3,(H,21,24). The van der Waals surface area contributed by atoms with E-state index >= 15 is 0 Å². The van der Waals surface area contributed by atoms with Crippen molar-refractivity contribution < 1.29 is 14.3 Å². The van der Waals surface area contributed by atoms with Gasteiger partial charge < -0.3 is 15.0 Å². The SMILES string of the molecule is CCCCOc1ccc(C(=O)NCC(=O)N2CCc3sccc3C2)cc1. The van der Waals surface area contributed by atoms with Crippen LogP contribution in [0.15, 0.2) is 35.7 Å². The molecule has 2 amide bonds. The highest BCUT2D eigenvalue weighted by Gasteiger charge is 2.21. The molecule has 1 aliphatic rings. The number of unbranched alkanes of at least 4 members (excludes halogenated alkanes) is 1. The van der Waals surface area contributed by atoms with E-state index in [1.54, 1.807) is 40.5 Å². The van der Waals surface area contributed by atoms with Crippen LogP contribution in [0.5, 0.6) is 5.75 Å². The number of ether oxygens (including phenoxy) is 1. The fraction of sp³-hybridized carbons (Fsp3) is 0.400. The Balaban J connectivity index is 1.47. The van der Waals surface area contributed by atoms with Gasteiger partial charge in [-0.2, -0.15) is 0 Å². The first-order chi connectivity index (χ1) is 12.7. The second-order valence-corrected chi connectivity index (χ2v) is 7.34. The van der Waals surface area contributed by atoms with Crippen molar-refractivity contribution in [3.05, 3.63) is 51.7 Å². The predicted molar refractivity (Wildman–Crippen MR) is 103 cm³/mol. The molecule has 1 N–H and O–H groups in total. The van der Waals surface area contributed by atoms with Gasteiger partial charge in [0.05, 0.1) is 13.2 Å². The van der Waals surface area contributed by atoms with E-state index in [2.05, 4.69) is 23.7 Å². The maximum Gasteiger partial charge on any atom is 0.251 e. The van der Waals surface area contributed by atoms with Gasteiger partial charge in [-0.15, -0.1) is 11.3 Å². The van der Waals surface area contributed by atoms with E-state index in [0.717, 1.165) is 25.0 Å². The van der Waals surface area contributed by atoms with Crippen LogP contribution in [0.2, 0.25) is 0 Å². The third-order valence-corrected chi connectivity index (χ3v) is 5.47. The molecule has 0 fully saturated rings. The lowest BCUT2D eigenvalue weighted by Crippen LogP contribution is -2.42. The first-order valence-corrected chi connectivity index (χ1v) is 9.89. The minimum atomic E-state index is -0.244. The molecule has 0 spiro atoms. The Morgan fingerprint density at radius 2 is 2.04 bits per heavy atom. The largest absolute Gasteiger partial charge is 0.494 e. The van der Waals surface area contributed by atoms with Crippen molar-refractivity contribution in [2.24, 2.45) is 0 Å². The summed E-state index contributed by atoms with van der Waals surface area (Å²) in [5.74, 6) is 0.465. The molecule has 0 bridgehead atoms. The molecule has 0 saturated carbocycles. The lowest BCUT2D eigenvalue weighted by Gasteiger charge is -2.27. The van der Waals surface area contributed by atoms with Crippen LogP contribution in [0.25, 0.3) is 0 Å². The summed E-state index contributed by atoms with van der Waals surface area (Å²) in [5.41, 5.74) is 1.75. The molecule has 1 aromatic heterocycles. The van der Waals surface area contributed by atoms with Gasteiger partial charge >= 0.3 is 0 Å². The van der Waals surface area contributed by atoms with Crippen molar-refractivity contribution in [3.63, 3.8) is 0 Å². The molecule has 0 unspecified atom stereocenters. The van der Waals surface area contributed by atoms with Gasteiger partial charge in [0.2, 0.25) is 5.91 Å². The van der Waals surface area contributed by atoms with Crippen LogP contribution >= 0.6 is 11.3 Å². The molecule has 1 aliphatic heterocycles. The van der Waals surface area contributed by atoms with Gasteiger partial charge in [-0.3, -0.25) is 9.59 Å². The summed E-state index contributed by atoms with van der Waals surface area (Å²) in [7, 11) is 0. The molecule has 2 aromatic rings. The Morgan fingerprint density at radius 3 is 2.81 bits per heavy atom. The van der Waals surface area contributed by atoms with Crippen LogP contribution in [-0.4, -0.2) is 36.4 Å². The Morgan fingerprint density at radius 1 is 1.23 bits per heavy atom. The number of fused-ring (bicyclic) bond motifs is 1. The average Bonchev–Trinajstić information content (AvgIpc) is 3.14. The maximum absolute atomic E-state index is 12.4. The molecule has 26 heavy (non-hydrogen) atoms. The third-order valence-electron chi connectivity index (χ3n) is 4.44. The van der Waals surface area contributed by atoms with Crippen molar-refractivity contribution in [3.8, 4) is 5.75 Å². The molecule has 0 aliphatic carbocycles. The molecule has 0 saturated heterocycles. The number of hydrogen-bond donors (Lipinski definition) is 1. The maximum atomic E-state index is 12.4. The number of amides is 2. The highest BCUT2D eigenvalue weighted by atomic mass is 32.1. The van der Waals surface area contributed by atoms with Gasteiger partial charge in [0.25, 0.3) is 5.91 Å². The third kappa shape index (κ3) is 4.64. The topological polar surface area (TPSA) is 58.6 Å². The van der Waals surface area contributed by atoms with Gasteiger partial charge in [-0.25, -0.2) is 0 Å². The number of hydrogen-bond acceptors (Lipinski definition) is 4. The van der Waals surface area contributed by atoms with Crippen LogP contribution in [0.3, 0.4) is 0 Å². The summed E-state index contributed by atoms with van der Waals surface area (Å²) in [6, 6.07) is 9.09. The Labute approximate surface area is 158 Å². The second-order valence-electron chi connectivity index (χ2n) is 6.34. The molecular formula is C20H24N2O3S. The summed E-state index contributed by atoms with van der Waals surface area (Å²) in [5, 5.41) is 4.78. The van der Waals surface area contributed by atoms with Crippen molar-refractivity contribution in [1.29, 1.82) is 0 Å². The zero-order valence-electron chi connectivity index (χ0n) is 15.0. The van der Waals surface area contributed by atoms with Crippen molar-refractivity contribution in [1.82, 2.24) is 10.2 Å². The zero-order chi connectivity index (χ0) is 18.4. The Bertz CT molecular complexity index is 755. The fourth-order valence-electron chi connectivity index (χ4n) is 2.87. The molecule has 138 valence electrons. The first-order valence-electron chi connectivity index (χ1n) is 9.01. The second kappa shape index (κ2) is 8.85. The molecule has 3 rings (SSSR count). The zero-order valence-corrected chi connectivity index (χ0v) is 15.8. The summed E-state index contributed by atoms with van der Waals surface area (Å²) >= 11 is 1.74. The van der Waals surface area contributed by atoms with E-state index in [4.69, 9.17) is 4.74 Å². The molecule has 0 atom stereocenters. The molecule has 5 nitrogen and oxygen atoms in total. The van der Waals surface area contributed by atoms with Crippen LogP contribution < -0.4 is 10.1 Å². The highest BCUT2D eigenvalue weighted by molar-refractivity contribution is 7.10. The van der Waals surface area contributed by atoms with Crippen LogP contribution in [0.1, 0.15) is 40.6 Å². The van der Waals surface area contributed by atoms with E-state index in [0.29, 0.717) is 25.3 Å². The summed E-state index contributed by atoms with van der Waals surface area (Å²) < 4.78 is 5.59. The van der Waals surface area contributed by atoms with Gasteiger partial charge in [-0.1, -0.05) is 13.3 Å². The van der Waals surface area contributed by atoms with Gasteiger partial charge in [0.1, 0.15) is 5.75 Å². The lowest BCUT2D eigenvalue weighted by atomic mass is 10.1. The minimum Gasteiger partial charge on any atom is -0.494 e. The number of nitrogens with one attached hydrogen (secondary N) is 1. The summed E-state index contributed by atoms with van der Waals surface area (Å²) in [6.45, 7) is 4.16. The average molecular weight is 372 g/mol. The van der Waals surface area contributed by atoms with E-state index in [9.17, 15) is 9.59 Å². The van der Waals surface area contributed by atoms with Crippen LogP contribution in [0, 0.1) is 0 Å². The molecule has 6 heteroatoms. The number of thiophene rings is 1. The molecular weight excluding hydrogens is 348 g/mol. The normalized spacial score (nSPS) is 13.2. The predicted octanol–water partition coefficient (Wildman–Crippen LogP) is 3.24. The summed E-state index contributed by atoms with van der Waals surface area (Å²) in [4.78, 5) is 27.8. The van der Waals surface area contributed by atoms with Crippen molar-refractivity contribution >= 4 is 23.2 Å². The molecule has 0 radical (unpaired) electrons. The van der Waals surface area contributed by atoms with Crippen molar-refractivity contribution in [2.45, 2.75) is 32.7 Å². The number of carbonyl (C=O) groups excluding carboxylic acids is 2. The van der Waals surface area contributed by atoms with E-state index in [-0.39, 0.29) is 18.4 Å². The van der Waals surface area contributed by atoms with Gasteiger partial charge in [0.15, 0.2) is 0 Å². The van der Waals surface area contributed by atoms with Gasteiger partial charge in [-0.05, 0) is 54.1 Å².